The Labute approximate surface area is 85.6 Å². The fraction of sp³-hybridized carbons (Fsp3) is 0.900. The second-order valence-corrected chi connectivity index (χ2v) is 3.51. The van der Waals surface area contributed by atoms with Crippen molar-refractivity contribution < 1.29 is 14.6 Å². The summed E-state index contributed by atoms with van der Waals surface area (Å²) in [5.41, 5.74) is 0. The van der Waals surface area contributed by atoms with Gasteiger partial charge in [-0.1, -0.05) is 6.92 Å². The number of nitrogens with one attached hydrogen (secondary N) is 1. The third kappa shape index (κ3) is 8.01. The molecule has 14 heavy (non-hydrogen) atoms. The first-order valence-corrected chi connectivity index (χ1v) is 5.09. The molecule has 0 saturated heterocycles. The smallest absolute Gasteiger partial charge is 0.306 e. The van der Waals surface area contributed by atoms with Crippen LogP contribution in [0.3, 0.4) is 0 Å². The van der Waals surface area contributed by atoms with E-state index in [-0.39, 0.29) is 12.6 Å². The van der Waals surface area contributed by atoms with E-state index in [1.807, 2.05) is 6.92 Å². The number of carbonyl (C=O) groups excluding carboxylic acids is 1. The van der Waals surface area contributed by atoms with Crippen LogP contribution in [0, 0.1) is 5.92 Å². The minimum absolute atomic E-state index is 0.179. The van der Waals surface area contributed by atoms with Crippen molar-refractivity contribution in [2.24, 2.45) is 5.92 Å². The second-order valence-electron chi connectivity index (χ2n) is 3.51. The number of ether oxygens (including phenoxy) is 1. The molecule has 2 N–H and O–H groups in total. The highest BCUT2D eigenvalue weighted by Gasteiger charge is 2.00. The van der Waals surface area contributed by atoms with Gasteiger partial charge < -0.3 is 15.2 Å². The molecule has 0 aromatic heterocycles. The molecule has 1 unspecified atom stereocenters. The Morgan fingerprint density at radius 3 is 2.79 bits per heavy atom. The number of hydrogen-bond acceptors (Lipinski definition) is 4. The summed E-state index contributed by atoms with van der Waals surface area (Å²) in [5, 5.41) is 11.9. The van der Waals surface area contributed by atoms with E-state index in [1.165, 1.54) is 7.11 Å². The average Bonchev–Trinajstić information content (AvgIpc) is 2.22. The summed E-state index contributed by atoms with van der Waals surface area (Å²) in [6, 6.07) is 0. The predicted octanol–water partition coefficient (Wildman–Crippen LogP) is 0.548. The quantitative estimate of drug-likeness (QED) is 0.447. The molecule has 0 fully saturated rings. The predicted molar refractivity (Wildman–Crippen MR) is 55.0 cm³/mol. The Bertz CT molecular complexity index is 150. The minimum atomic E-state index is -0.179. The topological polar surface area (TPSA) is 58.6 Å². The molecule has 0 aliphatic carbocycles. The molecular formula is C10H21NO3. The lowest BCUT2D eigenvalue weighted by Crippen LogP contribution is -2.20. The minimum Gasteiger partial charge on any atom is -0.469 e. The molecule has 0 amide bonds. The van der Waals surface area contributed by atoms with Gasteiger partial charge in [-0.05, 0) is 25.3 Å². The van der Waals surface area contributed by atoms with Gasteiger partial charge in [0.2, 0.25) is 0 Å². The molecule has 0 rings (SSSR count). The van der Waals surface area contributed by atoms with Gasteiger partial charge >= 0.3 is 5.97 Å². The number of aliphatic hydroxyl groups excluding tert-OH is 1. The van der Waals surface area contributed by atoms with Crippen molar-refractivity contribution in [1.82, 2.24) is 5.32 Å². The van der Waals surface area contributed by atoms with Crippen LogP contribution in [0.2, 0.25) is 0 Å². The van der Waals surface area contributed by atoms with Gasteiger partial charge in [-0.3, -0.25) is 4.79 Å². The van der Waals surface area contributed by atoms with Gasteiger partial charge in [0.1, 0.15) is 0 Å². The number of aliphatic hydroxyl groups is 1. The van der Waals surface area contributed by atoms with E-state index < -0.39 is 0 Å². The van der Waals surface area contributed by atoms with Crippen molar-refractivity contribution in [3.63, 3.8) is 0 Å². The van der Waals surface area contributed by atoms with Gasteiger partial charge in [0, 0.05) is 13.2 Å². The molecule has 4 heteroatoms. The number of esters is 1. The van der Waals surface area contributed by atoms with E-state index in [0.717, 1.165) is 19.4 Å². The summed E-state index contributed by atoms with van der Waals surface area (Å²) in [4.78, 5) is 10.7. The average molecular weight is 203 g/mol. The molecule has 0 radical (unpaired) electrons. The Hall–Kier alpha value is -0.610. The van der Waals surface area contributed by atoms with Gasteiger partial charge in [0.15, 0.2) is 0 Å². The van der Waals surface area contributed by atoms with Gasteiger partial charge in [-0.2, -0.15) is 0 Å². The van der Waals surface area contributed by atoms with E-state index in [2.05, 4.69) is 10.1 Å². The molecule has 4 nitrogen and oxygen atoms in total. The van der Waals surface area contributed by atoms with Crippen molar-refractivity contribution in [1.29, 1.82) is 0 Å². The van der Waals surface area contributed by atoms with Gasteiger partial charge in [0.25, 0.3) is 0 Å². The number of methoxy groups -OCH3 is 1. The Morgan fingerprint density at radius 2 is 2.21 bits per heavy atom. The van der Waals surface area contributed by atoms with Crippen molar-refractivity contribution in [2.75, 3.05) is 26.8 Å². The maximum Gasteiger partial charge on any atom is 0.306 e. The normalized spacial score (nSPS) is 12.5. The lowest BCUT2D eigenvalue weighted by Gasteiger charge is -2.07. The first-order chi connectivity index (χ1) is 6.70. The summed E-state index contributed by atoms with van der Waals surface area (Å²) in [6.07, 6.45) is 2.47. The highest BCUT2D eigenvalue weighted by molar-refractivity contribution is 5.69. The Balaban J connectivity index is 3.10. The van der Waals surface area contributed by atoms with Crippen LogP contribution >= 0.6 is 0 Å². The van der Waals surface area contributed by atoms with Crippen LogP contribution in [0.15, 0.2) is 0 Å². The fourth-order valence-electron chi connectivity index (χ4n) is 1.08. The van der Waals surface area contributed by atoms with Crippen molar-refractivity contribution in [2.45, 2.75) is 26.2 Å². The molecule has 84 valence electrons. The monoisotopic (exact) mass is 203 g/mol. The van der Waals surface area contributed by atoms with E-state index in [1.54, 1.807) is 0 Å². The first kappa shape index (κ1) is 13.4. The summed E-state index contributed by atoms with van der Waals surface area (Å²) < 4.78 is 4.50. The van der Waals surface area contributed by atoms with Crippen LogP contribution in [0.25, 0.3) is 0 Å². The van der Waals surface area contributed by atoms with Gasteiger partial charge in [-0.15, -0.1) is 0 Å². The molecular weight excluding hydrogens is 182 g/mol. The van der Waals surface area contributed by atoms with Crippen LogP contribution < -0.4 is 5.32 Å². The maximum atomic E-state index is 10.7. The number of rotatable bonds is 8. The molecule has 0 bridgehead atoms. The zero-order chi connectivity index (χ0) is 10.8. The fourth-order valence-corrected chi connectivity index (χ4v) is 1.08. The van der Waals surface area contributed by atoms with E-state index in [4.69, 9.17) is 5.11 Å². The van der Waals surface area contributed by atoms with Crippen molar-refractivity contribution in [3.05, 3.63) is 0 Å². The summed E-state index contributed by atoms with van der Waals surface area (Å²) in [7, 11) is 1.39. The molecule has 1 atom stereocenters. The van der Waals surface area contributed by atoms with Gasteiger partial charge in [-0.25, -0.2) is 0 Å². The first-order valence-electron chi connectivity index (χ1n) is 5.09. The van der Waals surface area contributed by atoms with Crippen LogP contribution in [0.1, 0.15) is 26.2 Å². The number of hydrogen-bond donors (Lipinski definition) is 2. The van der Waals surface area contributed by atoms with E-state index in [0.29, 0.717) is 18.9 Å². The van der Waals surface area contributed by atoms with Crippen LogP contribution in [0.4, 0.5) is 0 Å². The summed E-state index contributed by atoms with van der Waals surface area (Å²) >= 11 is 0. The SMILES string of the molecule is COC(=O)CCNCCCC(C)CO. The van der Waals surface area contributed by atoms with Crippen molar-refractivity contribution in [3.8, 4) is 0 Å². The third-order valence-corrected chi connectivity index (χ3v) is 2.10. The summed E-state index contributed by atoms with van der Waals surface area (Å²) in [6.45, 7) is 3.83. The van der Waals surface area contributed by atoms with E-state index in [9.17, 15) is 4.79 Å². The number of carbonyl (C=O) groups is 1. The van der Waals surface area contributed by atoms with Crippen LogP contribution in [-0.2, 0) is 9.53 Å². The third-order valence-electron chi connectivity index (χ3n) is 2.10. The van der Waals surface area contributed by atoms with Gasteiger partial charge in [0.05, 0.1) is 13.5 Å². The standard InChI is InChI=1S/C10H21NO3/c1-9(8-12)4-3-6-11-7-5-10(13)14-2/h9,11-12H,3-8H2,1-2H3. The molecule has 0 aliphatic heterocycles. The summed E-state index contributed by atoms with van der Waals surface area (Å²) in [5.74, 6) is 0.193. The molecule has 0 spiro atoms. The van der Waals surface area contributed by atoms with E-state index >= 15 is 0 Å². The van der Waals surface area contributed by atoms with Crippen molar-refractivity contribution >= 4 is 5.97 Å². The molecule has 0 aromatic rings. The Morgan fingerprint density at radius 1 is 1.50 bits per heavy atom. The lowest BCUT2D eigenvalue weighted by molar-refractivity contribution is -0.140. The Kier molecular flexibility index (Phi) is 8.57. The maximum absolute atomic E-state index is 10.7. The molecule has 0 saturated carbocycles. The molecule has 0 aromatic carbocycles. The van der Waals surface area contributed by atoms with Crippen LogP contribution in [0.5, 0.6) is 0 Å². The zero-order valence-corrected chi connectivity index (χ0v) is 9.08. The zero-order valence-electron chi connectivity index (χ0n) is 9.08. The molecule has 0 aliphatic rings. The second kappa shape index (κ2) is 8.97. The lowest BCUT2D eigenvalue weighted by atomic mass is 10.1. The highest BCUT2D eigenvalue weighted by Crippen LogP contribution is 2.02. The van der Waals surface area contributed by atoms with Crippen LogP contribution in [-0.4, -0.2) is 37.9 Å². The molecule has 0 heterocycles. The largest absolute Gasteiger partial charge is 0.469 e. The highest BCUT2D eigenvalue weighted by atomic mass is 16.5.